The van der Waals surface area contributed by atoms with Crippen LogP contribution in [0.5, 0.6) is 0 Å². The van der Waals surface area contributed by atoms with E-state index in [2.05, 4.69) is 47.5 Å². The number of para-hydroxylation sites is 1. The molecule has 0 spiro atoms. The largest absolute Gasteiger partial charge is 0.310 e. The molecule has 1 N–H and O–H groups in total. The van der Waals surface area contributed by atoms with E-state index in [-0.39, 0.29) is 0 Å². The summed E-state index contributed by atoms with van der Waals surface area (Å²) in [5.41, 5.74) is 1.11. The first-order chi connectivity index (χ1) is 8.25. The summed E-state index contributed by atoms with van der Waals surface area (Å²) in [4.78, 5) is 6.80. The highest BCUT2D eigenvalue weighted by Gasteiger charge is 2.01. The third-order valence-electron chi connectivity index (χ3n) is 2.57. The van der Waals surface area contributed by atoms with Gasteiger partial charge in [-0.15, -0.1) is 11.3 Å². The number of hydrogen-bond acceptors (Lipinski definition) is 4. The molecule has 0 fully saturated rings. The second-order valence-corrected chi connectivity index (χ2v) is 5.52. The molecular formula is C13H19N3S. The number of nitrogens with one attached hydrogen (secondary N) is 1. The Hall–Kier alpha value is -0.970. The molecule has 0 amide bonds. The van der Waals surface area contributed by atoms with Crippen LogP contribution in [0.1, 0.15) is 11.4 Å². The maximum Gasteiger partial charge on any atom is 0.108 e. The van der Waals surface area contributed by atoms with Gasteiger partial charge in [-0.1, -0.05) is 12.1 Å². The third kappa shape index (κ3) is 3.77. The minimum absolute atomic E-state index is 0.882. The normalized spacial score (nSPS) is 11.5. The van der Waals surface area contributed by atoms with Crippen molar-refractivity contribution in [2.45, 2.75) is 13.0 Å². The standard InChI is InChI=1S/C13H19N3S/c1-16(2)9-5-8-14-10-13-15-11-6-3-4-7-12(11)17-13/h3-4,6-7,14H,5,8-10H2,1-2H3. The van der Waals surface area contributed by atoms with Crippen LogP contribution < -0.4 is 5.32 Å². The maximum absolute atomic E-state index is 4.59. The molecule has 17 heavy (non-hydrogen) atoms. The zero-order valence-electron chi connectivity index (χ0n) is 10.4. The minimum Gasteiger partial charge on any atom is -0.310 e. The summed E-state index contributed by atoms with van der Waals surface area (Å²) in [5, 5.41) is 4.62. The summed E-state index contributed by atoms with van der Waals surface area (Å²) in [5.74, 6) is 0. The third-order valence-corrected chi connectivity index (χ3v) is 3.61. The molecule has 4 heteroatoms. The number of thiazole rings is 1. The first-order valence-corrected chi connectivity index (χ1v) is 6.77. The molecule has 1 heterocycles. The molecule has 0 atom stereocenters. The van der Waals surface area contributed by atoms with Gasteiger partial charge in [-0.25, -0.2) is 4.98 Å². The first-order valence-electron chi connectivity index (χ1n) is 5.95. The second kappa shape index (κ2) is 6.10. The molecule has 0 aliphatic heterocycles. The fourth-order valence-electron chi connectivity index (χ4n) is 1.71. The van der Waals surface area contributed by atoms with Crippen molar-refractivity contribution in [2.75, 3.05) is 27.2 Å². The highest BCUT2D eigenvalue weighted by atomic mass is 32.1. The maximum atomic E-state index is 4.59. The molecule has 0 unspecified atom stereocenters. The van der Waals surface area contributed by atoms with Gasteiger partial charge in [-0.05, 0) is 45.7 Å². The minimum atomic E-state index is 0.882. The zero-order chi connectivity index (χ0) is 12.1. The smallest absolute Gasteiger partial charge is 0.108 e. The molecule has 0 saturated carbocycles. The van der Waals surface area contributed by atoms with E-state index in [0.29, 0.717) is 0 Å². The molecular weight excluding hydrogens is 230 g/mol. The molecule has 2 rings (SSSR count). The number of rotatable bonds is 6. The molecule has 92 valence electrons. The van der Waals surface area contributed by atoms with Crippen LogP contribution >= 0.6 is 11.3 Å². The number of fused-ring (bicyclic) bond motifs is 1. The average Bonchev–Trinajstić information content (AvgIpc) is 2.70. The summed E-state index contributed by atoms with van der Waals surface area (Å²) in [6, 6.07) is 8.30. The van der Waals surface area contributed by atoms with Gasteiger partial charge in [0, 0.05) is 6.54 Å². The topological polar surface area (TPSA) is 28.2 Å². The van der Waals surface area contributed by atoms with Gasteiger partial charge in [0.15, 0.2) is 0 Å². The van der Waals surface area contributed by atoms with Gasteiger partial charge in [-0.3, -0.25) is 0 Å². The van der Waals surface area contributed by atoms with E-state index in [4.69, 9.17) is 0 Å². The van der Waals surface area contributed by atoms with Crippen LogP contribution in [-0.2, 0) is 6.54 Å². The highest BCUT2D eigenvalue weighted by Crippen LogP contribution is 2.21. The van der Waals surface area contributed by atoms with Crippen molar-refractivity contribution in [1.29, 1.82) is 0 Å². The Bertz CT molecular complexity index is 431. The summed E-state index contributed by atoms with van der Waals surface area (Å²) in [6.07, 6.45) is 1.18. The lowest BCUT2D eigenvalue weighted by Crippen LogP contribution is -2.20. The Balaban J connectivity index is 1.79. The Morgan fingerprint density at radius 3 is 2.88 bits per heavy atom. The molecule has 0 aliphatic rings. The van der Waals surface area contributed by atoms with Crippen molar-refractivity contribution in [1.82, 2.24) is 15.2 Å². The van der Waals surface area contributed by atoms with Crippen LogP contribution in [0.15, 0.2) is 24.3 Å². The lowest BCUT2D eigenvalue weighted by molar-refractivity contribution is 0.394. The molecule has 0 bridgehead atoms. The summed E-state index contributed by atoms with van der Waals surface area (Å²) >= 11 is 1.78. The molecule has 1 aromatic carbocycles. The number of nitrogens with zero attached hydrogens (tertiary/aromatic N) is 2. The van der Waals surface area contributed by atoms with Crippen LogP contribution in [-0.4, -0.2) is 37.1 Å². The van der Waals surface area contributed by atoms with Crippen LogP contribution in [0, 0.1) is 0 Å². The van der Waals surface area contributed by atoms with E-state index in [0.717, 1.165) is 25.2 Å². The van der Waals surface area contributed by atoms with E-state index in [9.17, 15) is 0 Å². The molecule has 0 aliphatic carbocycles. The fraction of sp³-hybridized carbons (Fsp3) is 0.462. The van der Waals surface area contributed by atoms with E-state index in [1.807, 2.05) is 6.07 Å². The first kappa shape index (κ1) is 12.5. The van der Waals surface area contributed by atoms with Gasteiger partial charge >= 0.3 is 0 Å². The number of aromatic nitrogens is 1. The number of benzene rings is 1. The molecule has 1 aromatic heterocycles. The Morgan fingerprint density at radius 1 is 1.29 bits per heavy atom. The van der Waals surface area contributed by atoms with Gasteiger partial charge in [0.1, 0.15) is 5.01 Å². The zero-order valence-corrected chi connectivity index (χ0v) is 11.3. The SMILES string of the molecule is CN(C)CCCNCc1nc2ccccc2s1. The summed E-state index contributed by atoms with van der Waals surface area (Å²) in [6.45, 7) is 3.06. The fourth-order valence-corrected chi connectivity index (χ4v) is 2.65. The van der Waals surface area contributed by atoms with Gasteiger partial charge in [0.2, 0.25) is 0 Å². The average molecular weight is 249 g/mol. The van der Waals surface area contributed by atoms with E-state index in [1.54, 1.807) is 11.3 Å². The second-order valence-electron chi connectivity index (χ2n) is 4.41. The molecule has 0 radical (unpaired) electrons. The molecule has 0 saturated heterocycles. The van der Waals surface area contributed by atoms with Gasteiger partial charge in [-0.2, -0.15) is 0 Å². The predicted molar refractivity (Wildman–Crippen MR) is 74.5 cm³/mol. The predicted octanol–water partition coefficient (Wildman–Crippen LogP) is 2.34. The Labute approximate surface area is 106 Å². The summed E-state index contributed by atoms with van der Waals surface area (Å²) in [7, 11) is 4.21. The lowest BCUT2D eigenvalue weighted by Gasteiger charge is -2.08. The van der Waals surface area contributed by atoms with E-state index in [1.165, 1.54) is 16.1 Å². The van der Waals surface area contributed by atoms with Gasteiger partial charge < -0.3 is 10.2 Å². The van der Waals surface area contributed by atoms with E-state index < -0.39 is 0 Å². The van der Waals surface area contributed by atoms with Crippen LogP contribution in [0.25, 0.3) is 10.2 Å². The van der Waals surface area contributed by atoms with Crippen molar-refractivity contribution < 1.29 is 0 Å². The van der Waals surface area contributed by atoms with Crippen molar-refractivity contribution in [3.05, 3.63) is 29.3 Å². The Kier molecular flexibility index (Phi) is 4.48. The van der Waals surface area contributed by atoms with E-state index >= 15 is 0 Å². The van der Waals surface area contributed by atoms with Gasteiger partial charge in [0.05, 0.1) is 10.2 Å². The van der Waals surface area contributed by atoms with Crippen LogP contribution in [0.4, 0.5) is 0 Å². The monoisotopic (exact) mass is 249 g/mol. The van der Waals surface area contributed by atoms with Crippen molar-refractivity contribution >= 4 is 21.6 Å². The lowest BCUT2D eigenvalue weighted by atomic mass is 10.3. The number of hydrogen-bond donors (Lipinski definition) is 1. The highest BCUT2D eigenvalue weighted by molar-refractivity contribution is 7.18. The van der Waals surface area contributed by atoms with Crippen molar-refractivity contribution in [2.24, 2.45) is 0 Å². The van der Waals surface area contributed by atoms with Gasteiger partial charge in [0.25, 0.3) is 0 Å². The van der Waals surface area contributed by atoms with Crippen LogP contribution in [0.3, 0.4) is 0 Å². The summed E-state index contributed by atoms with van der Waals surface area (Å²) < 4.78 is 1.28. The quantitative estimate of drug-likeness (QED) is 0.797. The van der Waals surface area contributed by atoms with Crippen molar-refractivity contribution in [3.63, 3.8) is 0 Å². The Morgan fingerprint density at radius 2 is 2.12 bits per heavy atom. The molecule has 3 nitrogen and oxygen atoms in total. The molecule has 2 aromatic rings. The van der Waals surface area contributed by atoms with Crippen LogP contribution in [0.2, 0.25) is 0 Å². The van der Waals surface area contributed by atoms with Crippen molar-refractivity contribution in [3.8, 4) is 0 Å².